The molecule has 5 rings (SSSR count). The Morgan fingerprint density at radius 2 is 2.08 bits per heavy atom. The Hall–Kier alpha value is -2.62. The van der Waals surface area contributed by atoms with Crippen LogP contribution in [0.3, 0.4) is 0 Å². The molecule has 0 N–H and O–H groups in total. The third kappa shape index (κ3) is 2.06. The van der Waals surface area contributed by atoms with E-state index < -0.39 is 17.5 Å². The van der Waals surface area contributed by atoms with Gasteiger partial charge in [-0.1, -0.05) is 48.6 Å². The fourth-order valence-electron chi connectivity index (χ4n) is 3.90. The number of hydrogen-bond donors (Lipinski definition) is 0. The summed E-state index contributed by atoms with van der Waals surface area (Å²) in [6.45, 7) is 1.95. The van der Waals surface area contributed by atoms with Crippen molar-refractivity contribution in [2.24, 2.45) is 5.92 Å². The smallest absolute Gasteiger partial charge is 0.347 e. The van der Waals surface area contributed by atoms with E-state index in [-0.39, 0.29) is 24.0 Å². The Bertz CT molecular complexity index is 787. The molecule has 1 aliphatic heterocycles. The highest BCUT2D eigenvalue weighted by molar-refractivity contribution is 6.17. The third-order valence-corrected chi connectivity index (χ3v) is 4.96. The lowest BCUT2D eigenvalue weighted by molar-refractivity contribution is -0.149. The molecule has 0 fully saturated rings. The number of allylic oxidation sites excluding steroid dienone is 2. The summed E-state index contributed by atoms with van der Waals surface area (Å²) in [5.74, 6) is -0.959. The Balaban J connectivity index is 1.89. The van der Waals surface area contributed by atoms with Crippen molar-refractivity contribution in [2.75, 3.05) is 6.61 Å². The van der Waals surface area contributed by atoms with Crippen LogP contribution in [-0.2, 0) is 19.1 Å². The highest BCUT2D eigenvalue weighted by Gasteiger charge is 2.55. The second-order valence-corrected chi connectivity index (χ2v) is 6.27. The van der Waals surface area contributed by atoms with Crippen LogP contribution in [0.25, 0.3) is 0 Å². The average Bonchev–Trinajstić information content (AvgIpc) is 2.71. The molecule has 2 bridgehead atoms. The van der Waals surface area contributed by atoms with Crippen LogP contribution in [0.2, 0.25) is 0 Å². The monoisotopic (exact) mass is 322 g/mol. The van der Waals surface area contributed by atoms with Crippen molar-refractivity contribution < 1.29 is 19.1 Å². The van der Waals surface area contributed by atoms with Gasteiger partial charge >= 0.3 is 11.9 Å². The molecule has 0 unspecified atom stereocenters. The Kier molecular flexibility index (Phi) is 3.41. The molecular weight excluding hydrogens is 304 g/mol. The predicted molar refractivity (Wildman–Crippen MR) is 88.1 cm³/mol. The zero-order chi connectivity index (χ0) is 16.7. The van der Waals surface area contributed by atoms with Gasteiger partial charge in [-0.15, -0.1) is 0 Å². The van der Waals surface area contributed by atoms with Crippen molar-refractivity contribution in [3.05, 3.63) is 71.3 Å². The van der Waals surface area contributed by atoms with Gasteiger partial charge in [-0.2, -0.15) is 0 Å². The van der Waals surface area contributed by atoms with E-state index >= 15 is 0 Å². The van der Waals surface area contributed by atoms with Crippen LogP contribution in [0.5, 0.6) is 0 Å². The first-order chi connectivity index (χ1) is 11.7. The number of carbonyl (C=O) groups is 2. The maximum atomic E-state index is 12.5. The normalized spacial score (nSPS) is 30.1. The maximum absolute atomic E-state index is 12.5. The fraction of sp³-hybridized carbons (Fsp3) is 0.300. The van der Waals surface area contributed by atoms with Gasteiger partial charge in [0.15, 0.2) is 11.2 Å². The van der Waals surface area contributed by atoms with E-state index in [9.17, 15) is 9.59 Å². The minimum Gasteiger partial charge on any atom is -0.462 e. The number of esters is 2. The molecule has 4 nitrogen and oxygen atoms in total. The first-order valence-corrected chi connectivity index (χ1v) is 8.23. The molecule has 0 amide bonds. The Morgan fingerprint density at radius 3 is 2.83 bits per heavy atom. The van der Waals surface area contributed by atoms with Crippen LogP contribution in [0.1, 0.15) is 24.8 Å². The lowest BCUT2D eigenvalue weighted by Crippen LogP contribution is -2.39. The number of hydrogen-bond acceptors (Lipinski definition) is 4. The average molecular weight is 322 g/mol. The van der Waals surface area contributed by atoms with Crippen molar-refractivity contribution in [1.82, 2.24) is 0 Å². The summed E-state index contributed by atoms with van der Waals surface area (Å²) in [5.41, 5.74) is 0.840. The number of carbonyl (C=O) groups excluding carboxylic acids is 2. The third-order valence-electron chi connectivity index (χ3n) is 4.96. The molecule has 0 radical (unpaired) electrons. The first-order valence-electron chi connectivity index (χ1n) is 8.23. The summed E-state index contributed by atoms with van der Waals surface area (Å²) in [5, 5.41) is 0. The summed E-state index contributed by atoms with van der Waals surface area (Å²) >= 11 is 0. The fourth-order valence-corrected chi connectivity index (χ4v) is 3.90. The molecule has 1 aromatic rings. The van der Waals surface area contributed by atoms with Crippen LogP contribution >= 0.6 is 0 Å². The molecule has 1 aromatic carbocycles. The van der Waals surface area contributed by atoms with Crippen LogP contribution in [0.4, 0.5) is 0 Å². The molecule has 4 aliphatic rings. The van der Waals surface area contributed by atoms with Gasteiger partial charge in [0.05, 0.1) is 6.61 Å². The molecular formula is C20H18O4. The van der Waals surface area contributed by atoms with Gasteiger partial charge in [-0.05, 0) is 30.9 Å². The SMILES string of the molecule is CCOC(=O)C1=C2C=C[C@H]3C=C[C@]2(OC1=O)[C@H](c1ccccc1)C3. The van der Waals surface area contributed by atoms with Gasteiger partial charge in [0, 0.05) is 11.5 Å². The van der Waals surface area contributed by atoms with E-state index in [4.69, 9.17) is 9.47 Å². The molecule has 0 saturated heterocycles. The highest BCUT2D eigenvalue weighted by Crippen LogP contribution is 2.52. The number of benzene rings is 1. The van der Waals surface area contributed by atoms with Crippen molar-refractivity contribution in [2.45, 2.75) is 24.9 Å². The van der Waals surface area contributed by atoms with Crippen LogP contribution in [-0.4, -0.2) is 24.1 Å². The topological polar surface area (TPSA) is 52.6 Å². The number of fused-ring (bicyclic) bond motifs is 1. The predicted octanol–water partition coefficient (Wildman–Crippen LogP) is 3.07. The largest absolute Gasteiger partial charge is 0.462 e. The lowest BCUT2D eigenvalue weighted by atomic mass is 9.71. The molecule has 0 aromatic heterocycles. The van der Waals surface area contributed by atoms with E-state index in [1.807, 2.05) is 48.6 Å². The van der Waals surface area contributed by atoms with Gasteiger partial charge in [0.1, 0.15) is 0 Å². The van der Waals surface area contributed by atoms with Gasteiger partial charge in [0.2, 0.25) is 0 Å². The number of rotatable bonds is 3. The van der Waals surface area contributed by atoms with Crippen molar-refractivity contribution >= 4 is 11.9 Å². The van der Waals surface area contributed by atoms with E-state index in [2.05, 4.69) is 6.08 Å². The molecule has 1 spiro atoms. The maximum Gasteiger partial charge on any atom is 0.347 e. The van der Waals surface area contributed by atoms with Gasteiger partial charge in [-0.25, -0.2) is 9.59 Å². The summed E-state index contributed by atoms with van der Waals surface area (Å²) in [7, 11) is 0. The molecule has 1 heterocycles. The Labute approximate surface area is 140 Å². The summed E-state index contributed by atoms with van der Waals surface area (Å²) in [6.07, 6.45) is 8.75. The molecule has 24 heavy (non-hydrogen) atoms. The van der Waals surface area contributed by atoms with Crippen molar-refractivity contribution in [3.8, 4) is 0 Å². The quantitative estimate of drug-likeness (QED) is 0.487. The van der Waals surface area contributed by atoms with Crippen LogP contribution in [0, 0.1) is 5.92 Å². The first kappa shape index (κ1) is 14.9. The van der Waals surface area contributed by atoms with E-state index in [0.717, 1.165) is 12.0 Å². The van der Waals surface area contributed by atoms with E-state index in [0.29, 0.717) is 5.57 Å². The number of ether oxygens (including phenoxy) is 2. The minimum atomic E-state index is -0.913. The summed E-state index contributed by atoms with van der Waals surface area (Å²) in [6, 6.07) is 10.0. The molecule has 122 valence electrons. The lowest BCUT2D eigenvalue weighted by Gasteiger charge is -2.38. The zero-order valence-electron chi connectivity index (χ0n) is 13.4. The van der Waals surface area contributed by atoms with Crippen molar-refractivity contribution in [1.29, 1.82) is 0 Å². The van der Waals surface area contributed by atoms with Crippen LogP contribution in [0.15, 0.2) is 65.8 Å². The van der Waals surface area contributed by atoms with Gasteiger partial charge < -0.3 is 9.47 Å². The highest BCUT2D eigenvalue weighted by atomic mass is 16.6. The standard InChI is InChI=1S/C20H18O4/c1-2-23-18(21)17-15-9-8-13-10-11-20(15,24-19(17)22)16(12-13)14-6-4-3-5-7-14/h3-11,13,16H,2,12H2,1H3/t13-,16-,20+/m0/s1. The zero-order valence-corrected chi connectivity index (χ0v) is 13.4. The van der Waals surface area contributed by atoms with E-state index in [1.165, 1.54) is 0 Å². The molecule has 3 aliphatic carbocycles. The van der Waals surface area contributed by atoms with E-state index in [1.54, 1.807) is 6.92 Å². The minimum absolute atomic E-state index is 0.0189. The summed E-state index contributed by atoms with van der Waals surface area (Å²) < 4.78 is 10.9. The molecule has 4 heteroatoms. The Morgan fingerprint density at radius 1 is 1.29 bits per heavy atom. The molecule has 3 atom stereocenters. The van der Waals surface area contributed by atoms with Crippen molar-refractivity contribution in [3.63, 3.8) is 0 Å². The van der Waals surface area contributed by atoms with Gasteiger partial charge in [0.25, 0.3) is 0 Å². The van der Waals surface area contributed by atoms with Crippen LogP contribution < -0.4 is 0 Å². The van der Waals surface area contributed by atoms with Gasteiger partial charge in [-0.3, -0.25) is 0 Å². The summed E-state index contributed by atoms with van der Waals surface area (Å²) in [4.78, 5) is 24.8. The second-order valence-electron chi connectivity index (χ2n) is 6.27. The molecule has 0 saturated carbocycles. The second kappa shape index (κ2) is 5.48.